The molecule has 12 aliphatic rings. The van der Waals surface area contributed by atoms with Crippen LogP contribution in [0, 0.1) is 0 Å². The van der Waals surface area contributed by atoms with Crippen LogP contribution in [0.2, 0.25) is 0 Å². The van der Waals surface area contributed by atoms with Gasteiger partial charge in [-0.15, -0.1) is 0 Å². The van der Waals surface area contributed by atoms with Crippen LogP contribution in [0.3, 0.4) is 0 Å². The van der Waals surface area contributed by atoms with Crippen LogP contribution in [-0.4, -0.2) is 190 Å². The van der Waals surface area contributed by atoms with Crippen molar-refractivity contribution in [2.75, 3.05) is 19.6 Å². The van der Waals surface area contributed by atoms with Crippen LogP contribution in [0.25, 0.3) is 24.3 Å². The maximum absolute atomic E-state index is 14.9. The minimum atomic E-state index is -4.56. The second-order valence-corrected chi connectivity index (χ2v) is 53.5. The van der Waals surface area contributed by atoms with Crippen LogP contribution in [0.15, 0.2) is 290 Å². The number of anilines is 12. The zero-order valence-corrected chi connectivity index (χ0v) is 86.4. The average molecular weight is 2320 g/mol. The molecule has 0 N–H and O–H groups in total. The second kappa shape index (κ2) is 32.2. The van der Waals surface area contributed by atoms with Crippen LogP contribution in [-0.2, 0) is 22.7 Å². The second-order valence-electron chi connectivity index (χ2n) is 35.5. The number of hydrogen-bond donors (Lipinski definition) is 0. The zero-order chi connectivity index (χ0) is 93.5. The van der Waals surface area contributed by atoms with Crippen molar-refractivity contribution in [3.63, 3.8) is 0 Å². The molecule has 0 amide bonds. The Morgan fingerprint density at radius 3 is 0.869 bits per heavy atom. The molecule has 16 heterocycles. The number of pyridine rings is 4. The number of Topliss-reactive ketones (excluding diaryl/α,β-unsaturated/α-hetero) is 8. The van der Waals surface area contributed by atoms with Crippen LogP contribution >= 0.6 is 0 Å². The van der Waals surface area contributed by atoms with Crippen molar-refractivity contribution in [3.05, 3.63) is 396 Å². The van der Waals surface area contributed by atoms with Gasteiger partial charge in [0, 0.05) is 0 Å². The van der Waals surface area contributed by atoms with Crippen molar-refractivity contribution in [2.24, 2.45) is 0 Å². The molecule has 1 unspecified atom stereocenters. The Labute approximate surface area is 831 Å². The van der Waals surface area contributed by atoms with E-state index in [9.17, 15) is 51.5 Å². The summed E-state index contributed by atoms with van der Waals surface area (Å²) < 4.78 is 62.8. The quantitative estimate of drug-likeness (QED) is 0.0914. The molecule has 0 saturated carbocycles. The number of aromatic nitrogens is 4. The van der Waals surface area contributed by atoms with Gasteiger partial charge in [-0.1, -0.05) is 0 Å². The number of nitrogens with zero attached hydrogens (tertiary/aromatic N) is 8. The molecule has 27 heteroatoms. The van der Waals surface area contributed by atoms with Gasteiger partial charge in [0.2, 0.25) is 0 Å². The minimum absolute atomic E-state index is 0.00147. The summed E-state index contributed by atoms with van der Waals surface area (Å²) in [4.78, 5) is 132. The predicted molar refractivity (Wildman–Crippen MR) is 535 cm³/mol. The molecular weight excluding hydrogens is 2250 g/mol. The Morgan fingerprint density at radius 2 is 0.540 bits per heavy atom. The summed E-state index contributed by atoms with van der Waals surface area (Å²) in [5.41, 5.74) is 14.5. The van der Waals surface area contributed by atoms with Gasteiger partial charge in [0.1, 0.15) is 0 Å². The summed E-state index contributed by atoms with van der Waals surface area (Å²) in [7, 11) is 0. The van der Waals surface area contributed by atoms with E-state index in [0.29, 0.717) is 65.0 Å². The van der Waals surface area contributed by atoms with Crippen LogP contribution in [0.4, 0.5) is 77.4 Å². The standard InChI is InChI=1S/C28H15F3N2O2Se2.2C28H18N2O2Se2.C26H14N2O2Se2/c1-27(28(29,30)31)18-8-4-9-20-22(18)33(25-21(37-20)10-5-11-32-25)26-19(27)13-14(36-26)12-17-23(34)15-6-2-3-7-16(15)24(17)35;2*1-28(2)19-9-5-10-21-23(19)30(26-22(34-21)11-6-12-29-26)27-20(28)14-15(33-27)13-18-24(31)16-7-3-4-8-17(16)25(18)32;29-23-17-6-1-2-7-18(17)24(30)19(23)13-16-12-15-11-14-5-3-8-20-22(14)28(26(15)31-16)25-21(32-20)9-4-10-27-25/h2-13H,1H3;2*3-14H,1-2H3;1-10,12-13H,11H2. The first kappa shape index (κ1) is 86.3. The van der Waals surface area contributed by atoms with Crippen molar-refractivity contribution in [3.8, 4) is 0 Å². The van der Waals surface area contributed by atoms with Gasteiger partial charge in [-0.2, -0.15) is 0 Å². The zero-order valence-electron chi connectivity index (χ0n) is 72.7. The van der Waals surface area contributed by atoms with Crippen molar-refractivity contribution < 1.29 is 51.5 Å². The molecule has 8 aliphatic heterocycles. The van der Waals surface area contributed by atoms with E-state index in [-0.39, 0.29) is 194 Å². The number of fused-ring (bicyclic) bond motifs is 20. The summed E-state index contributed by atoms with van der Waals surface area (Å²) in [6, 6.07) is 77.5. The van der Waals surface area contributed by atoms with Crippen molar-refractivity contribution in [1.82, 2.24) is 19.9 Å². The molecule has 8 aromatic carbocycles. The molecule has 8 aromatic heterocycles. The number of carbonyl (C=O) groups is 8. The Balaban J connectivity index is 0.0000000971. The van der Waals surface area contributed by atoms with Gasteiger partial charge in [0.15, 0.2) is 0 Å². The molecule has 16 aromatic rings. The molecule has 137 heavy (non-hydrogen) atoms. The van der Waals surface area contributed by atoms with Gasteiger partial charge >= 0.3 is 839 Å². The third-order valence-electron chi connectivity index (χ3n) is 27.0. The van der Waals surface area contributed by atoms with Gasteiger partial charge in [0.05, 0.1) is 0 Å². The topological polar surface area (TPSA) is 201 Å². The first-order valence-corrected chi connectivity index (χ1v) is 57.5. The Morgan fingerprint density at radius 1 is 0.277 bits per heavy atom. The number of allylic oxidation sites excluding steroid dienone is 4. The fourth-order valence-electron chi connectivity index (χ4n) is 20.3. The number of ketones is 8. The van der Waals surface area contributed by atoms with Crippen LogP contribution in [0.5, 0.6) is 0 Å². The van der Waals surface area contributed by atoms with Gasteiger partial charge in [0.25, 0.3) is 0 Å². The summed E-state index contributed by atoms with van der Waals surface area (Å²) in [5.74, 6) is 1.96. The Kier molecular flexibility index (Phi) is 20.3. The van der Waals surface area contributed by atoms with E-state index in [0.717, 1.165) is 46.1 Å². The molecule has 28 rings (SSSR count). The van der Waals surface area contributed by atoms with Gasteiger partial charge in [-0.3, -0.25) is 0 Å². The van der Waals surface area contributed by atoms with E-state index in [1.165, 1.54) is 110 Å². The summed E-state index contributed by atoms with van der Waals surface area (Å²) in [6.07, 6.45) is 10.6. The summed E-state index contributed by atoms with van der Waals surface area (Å²) >= 11 is -0.251. The molecule has 0 saturated heterocycles. The van der Waals surface area contributed by atoms with E-state index in [1.807, 2.05) is 115 Å². The molecular formula is C110H65F3N8O8Se8. The maximum atomic E-state index is 14.9. The molecule has 0 spiro atoms. The molecule has 16 nitrogen and oxygen atoms in total. The monoisotopic (exact) mass is 2320 g/mol. The van der Waals surface area contributed by atoms with Crippen molar-refractivity contribution >= 4 is 288 Å². The number of alkyl halides is 3. The molecule has 4 aliphatic carbocycles. The van der Waals surface area contributed by atoms with E-state index < -0.39 is 26.1 Å². The van der Waals surface area contributed by atoms with E-state index >= 15 is 0 Å². The van der Waals surface area contributed by atoms with Crippen LogP contribution < -0.4 is 55.3 Å². The molecule has 0 radical (unpaired) electrons. The average Bonchev–Trinajstić information content (AvgIpc) is 1.64. The van der Waals surface area contributed by atoms with Gasteiger partial charge < -0.3 is 0 Å². The number of carbonyl (C=O) groups excluding carboxylic acids is 8. The summed E-state index contributed by atoms with van der Waals surface area (Å²) in [5, 5.41) is 0. The van der Waals surface area contributed by atoms with Gasteiger partial charge in [-0.05, 0) is 0 Å². The first-order chi connectivity index (χ1) is 66.3. The molecule has 1 atom stereocenters. The normalized spacial score (nSPS) is 17.1. The third kappa shape index (κ3) is 13.2. The number of benzene rings is 8. The first-order valence-electron chi connectivity index (χ1n) is 43.8. The third-order valence-corrected chi connectivity index (χ3v) is 45.2. The van der Waals surface area contributed by atoms with Crippen LogP contribution in [0.1, 0.15) is 180 Å². The van der Waals surface area contributed by atoms with E-state index in [2.05, 4.69) is 138 Å². The molecule has 0 bridgehead atoms. The van der Waals surface area contributed by atoms with E-state index in [4.69, 9.17) is 15.0 Å². The predicted octanol–water partition coefficient (Wildman–Crippen LogP) is 14.5. The molecule has 662 valence electrons. The number of rotatable bonds is 4. The Bertz CT molecular complexity index is 8030. The number of para-hydroxylation sites is 4. The van der Waals surface area contributed by atoms with Crippen molar-refractivity contribution in [1.29, 1.82) is 0 Å². The fourth-order valence-corrected chi connectivity index (χ4v) is 39.5. The van der Waals surface area contributed by atoms with E-state index in [1.54, 1.807) is 79.0 Å². The SMILES string of the molecule is CC1(C(F)(F)F)c2cc(C=C3C(=O)c4ccccc4C3=O)[se]c2N2c3ncccc3[Se]c3cccc1c32.CC1(C)c2cc(C=C3C(=O)c4ccccc4C3=O)[se]c2N2c3ncccc3[Se]c3cccc1c32.CC1(C)c2cc(C=C3C(=O)c4ccccc4C3=O)[se]c2N2c3ncccc3[Se]c3cccc1c32.O=C1C(=Cc2cc3c([se]2)N2c4ncccc4[Se]c4cccc(c42)C3)C(=O)c2ccccc21. The number of hydrogen-bond acceptors (Lipinski definition) is 16. The fraction of sp³-hybridized carbons (Fsp3) is 0.0909. The molecule has 0 fully saturated rings. The van der Waals surface area contributed by atoms with Gasteiger partial charge in [-0.25, -0.2) is 0 Å². The Hall–Kier alpha value is -12.3. The summed E-state index contributed by atoms with van der Waals surface area (Å²) in [6.45, 7) is 10.4. The number of halogens is 3. The van der Waals surface area contributed by atoms with Crippen molar-refractivity contribution in [2.45, 2.75) is 63.5 Å².